The Morgan fingerprint density at radius 1 is 1.54 bits per heavy atom. The summed E-state index contributed by atoms with van der Waals surface area (Å²) < 4.78 is 14.1. The number of piperidine rings is 1. The number of rotatable bonds is 5. The minimum Gasteiger partial charge on any atom is -0.393 e. The number of carbonyl (C=O) groups excluding carboxylic acids is 1. The van der Waals surface area contributed by atoms with Crippen LogP contribution in [0.4, 0.5) is 14.9 Å². The van der Waals surface area contributed by atoms with E-state index in [9.17, 15) is 14.3 Å². The Bertz CT molecular complexity index is 565. The molecule has 0 bridgehead atoms. The van der Waals surface area contributed by atoms with Gasteiger partial charge in [-0.15, -0.1) is 0 Å². The zero-order chi connectivity index (χ0) is 17.7. The number of benzene rings is 1. The molecular formula is C18H28FN3O2. The van der Waals surface area contributed by atoms with E-state index in [1.54, 1.807) is 24.9 Å². The van der Waals surface area contributed by atoms with E-state index in [0.29, 0.717) is 25.2 Å². The molecule has 2 N–H and O–H groups in total. The van der Waals surface area contributed by atoms with Gasteiger partial charge in [0.1, 0.15) is 5.82 Å². The summed E-state index contributed by atoms with van der Waals surface area (Å²) in [7, 11) is 1.72. The summed E-state index contributed by atoms with van der Waals surface area (Å²) in [6.07, 6.45) is 1.93. The van der Waals surface area contributed by atoms with Crippen LogP contribution in [0.1, 0.15) is 31.7 Å². The Hall–Kier alpha value is -1.82. The summed E-state index contributed by atoms with van der Waals surface area (Å²) in [5.74, 6) is -0.221. The maximum absolute atomic E-state index is 14.1. The third-order valence-electron chi connectivity index (χ3n) is 4.42. The average Bonchev–Trinajstić information content (AvgIpc) is 2.55. The van der Waals surface area contributed by atoms with Gasteiger partial charge in [0.25, 0.3) is 0 Å². The van der Waals surface area contributed by atoms with Crippen molar-refractivity contribution in [2.75, 3.05) is 31.6 Å². The maximum atomic E-state index is 14.1. The summed E-state index contributed by atoms with van der Waals surface area (Å²) in [6.45, 7) is 5.57. The number of hydrogen-bond donors (Lipinski definition) is 2. The van der Waals surface area contributed by atoms with Gasteiger partial charge in [0.2, 0.25) is 0 Å². The van der Waals surface area contributed by atoms with Crippen molar-refractivity contribution in [2.45, 2.75) is 45.3 Å². The molecule has 1 fully saturated rings. The Morgan fingerprint density at radius 2 is 2.29 bits per heavy atom. The molecular weight excluding hydrogens is 309 g/mol. The van der Waals surface area contributed by atoms with Crippen molar-refractivity contribution in [1.29, 1.82) is 0 Å². The van der Waals surface area contributed by atoms with Gasteiger partial charge in [0.15, 0.2) is 0 Å². The zero-order valence-electron chi connectivity index (χ0n) is 14.8. The van der Waals surface area contributed by atoms with Crippen molar-refractivity contribution >= 4 is 11.7 Å². The van der Waals surface area contributed by atoms with E-state index < -0.39 is 6.10 Å². The Labute approximate surface area is 143 Å². The first-order valence-corrected chi connectivity index (χ1v) is 8.57. The molecule has 2 atom stereocenters. The highest BCUT2D eigenvalue weighted by Crippen LogP contribution is 2.24. The molecule has 0 saturated carbocycles. The molecule has 0 aromatic heterocycles. The number of aliphatic hydroxyl groups is 1. The van der Waals surface area contributed by atoms with Crippen LogP contribution in [0.3, 0.4) is 0 Å². The second kappa shape index (κ2) is 8.33. The fourth-order valence-electron chi connectivity index (χ4n) is 2.95. The summed E-state index contributed by atoms with van der Waals surface area (Å²) in [4.78, 5) is 15.8. The largest absolute Gasteiger partial charge is 0.393 e. The standard InChI is InChI=1S/C18H28FN3O2/c1-13-6-7-16(19)17(11-13)22-9-4-5-15(12-22)20-18(24)21(3)10-8-14(2)23/h6-7,11,14-15,23H,4-5,8-10,12H2,1-3H3,(H,20,24)/t14-,15-/m1/s1. The molecule has 0 radical (unpaired) electrons. The van der Waals surface area contributed by atoms with Crippen LogP contribution < -0.4 is 10.2 Å². The van der Waals surface area contributed by atoms with E-state index >= 15 is 0 Å². The highest BCUT2D eigenvalue weighted by atomic mass is 19.1. The van der Waals surface area contributed by atoms with Gasteiger partial charge < -0.3 is 20.2 Å². The predicted octanol–water partition coefficient (Wildman–Crippen LogP) is 2.52. The third-order valence-corrected chi connectivity index (χ3v) is 4.42. The monoisotopic (exact) mass is 337 g/mol. The summed E-state index contributed by atoms with van der Waals surface area (Å²) in [5.41, 5.74) is 1.63. The minimum atomic E-state index is -0.422. The number of carbonyl (C=O) groups is 1. The number of amides is 2. The van der Waals surface area contributed by atoms with Gasteiger partial charge in [0, 0.05) is 32.7 Å². The first-order valence-electron chi connectivity index (χ1n) is 8.57. The highest BCUT2D eigenvalue weighted by Gasteiger charge is 2.24. The lowest BCUT2D eigenvalue weighted by Crippen LogP contribution is -2.51. The topological polar surface area (TPSA) is 55.8 Å². The second-order valence-electron chi connectivity index (χ2n) is 6.75. The molecule has 1 aliphatic heterocycles. The number of aryl methyl sites for hydroxylation is 1. The van der Waals surface area contributed by atoms with E-state index in [-0.39, 0.29) is 17.9 Å². The van der Waals surface area contributed by atoms with Gasteiger partial charge in [-0.05, 0) is 50.8 Å². The van der Waals surface area contributed by atoms with Gasteiger partial charge in [-0.2, -0.15) is 0 Å². The summed E-state index contributed by atoms with van der Waals surface area (Å²) >= 11 is 0. The molecule has 0 spiro atoms. The van der Waals surface area contributed by atoms with E-state index in [4.69, 9.17) is 0 Å². The zero-order valence-corrected chi connectivity index (χ0v) is 14.8. The maximum Gasteiger partial charge on any atom is 0.317 e. The molecule has 1 aromatic rings. The predicted molar refractivity (Wildman–Crippen MR) is 93.8 cm³/mol. The number of nitrogens with zero attached hydrogens (tertiary/aromatic N) is 2. The number of hydrogen-bond acceptors (Lipinski definition) is 3. The molecule has 1 aliphatic rings. The average molecular weight is 337 g/mol. The Balaban J connectivity index is 1.93. The minimum absolute atomic E-state index is 0.000150. The number of halogens is 1. The van der Waals surface area contributed by atoms with Crippen LogP contribution in [0.5, 0.6) is 0 Å². The van der Waals surface area contributed by atoms with Crippen LogP contribution in [0, 0.1) is 12.7 Å². The molecule has 5 nitrogen and oxygen atoms in total. The summed E-state index contributed by atoms with van der Waals surface area (Å²) in [5, 5.41) is 12.3. The van der Waals surface area contributed by atoms with E-state index in [1.807, 2.05) is 17.9 Å². The SMILES string of the molecule is Cc1ccc(F)c(N2CCC[C@@H](NC(=O)N(C)CC[C@@H](C)O)C2)c1. The van der Waals surface area contributed by atoms with Crippen LogP contribution in [0.25, 0.3) is 0 Å². The smallest absolute Gasteiger partial charge is 0.317 e. The van der Waals surface area contributed by atoms with Gasteiger partial charge >= 0.3 is 6.03 Å². The Morgan fingerprint density at radius 3 is 3.00 bits per heavy atom. The lowest BCUT2D eigenvalue weighted by atomic mass is 10.0. The lowest BCUT2D eigenvalue weighted by molar-refractivity contribution is 0.162. The van der Waals surface area contributed by atoms with Crippen LogP contribution in [-0.4, -0.2) is 54.9 Å². The first kappa shape index (κ1) is 18.5. The first-order chi connectivity index (χ1) is 11.4. The summed E-state index contributed by atoms with van der Waals surface area (Å²) in [6, 6.07) is 4.97. The fourth-order valence-corrected chi connectivity index (χ4v) is 2.95. The van der Waals surface area contributed by atoms with Crippen molar-refractivity contribution in [3.63, 3.8) is 0 Å². The van der Waals surface area contributed by atoms with Crippen molar-refractivity contribution < 1.29 is 14.3 Å². The number of aliphatic hydroxyl groups excluding tert-OH is 1. The van der Waals surface area contributed by atoms with Crippen LogP contribution in [0.15, 0.2) is 18.2 Å². The molecule has 2 rings (SSSR count). The second-order valence-corrected chi connectivity index (χ2v) is 6.75. The molecule has 2 amide bonds. The van der Waals surface area contributed by atoms with Crippen LogP contribution in [-0.2, 0) is 0 Å². The van der Waals surface area contributed by atoms with Crippen LogP contribution in [0.2, 0.25) is 0 Å². The fraction of sp³-hybridized carbons (Fsp3) is 0.611. The highest BCUT2D eigenvalue weighted by molar-refractivity contribution is 5.74. The molecule has 0 unspecified atom stereocenters. The van der Waals surface area contributed by atoms with Crippen molar-refractivity contribution in [3.8, 4) is 0 Å². The van der Waals surface area contributed by atoms with Crippen molar-refractivity contribution in [1.82, 2.24) is 10.2 Å². The van der Waals surface area contributed by atoms with E-state index in [1.165, 1.54) is 6.07 Å². The quantitative estimate of drug-likeness (QED) is 0.868. The van der Waals surface area contributed by atoms with Gasteiger partial charge in [-0.25, -0.2) is 9.18 Å². The number of anilines is 1. The molecule has 1 heterocycles. The molecule has 6 heteroatoms. The van der Waals surface area contributed by atoms with E-state index in [0.717, 1.165) is 24.9 Å². The van der Waals surface area contributed by atoms with Gasteiger partial charge in [-0.1, -0.05) is 6.07 Å². The number of urea groups is 1. The molecule has 0 aliphatic carbocycles. The Kier molecular flexibility index (Phi) is 6.43. The molecule has 1 aromatic carbocycles. The normalized spacial score (nSPS) is 19.0. The molecule has 134 valence electrons. The molecule has 24 heavy (non-hydrogen) atoms. The van der Waals surface area contributed by atoms with Crippen molar-refractivity contribution in [2.24, 2.45) is 0 Å². The van der Waals surface area contributed by atoms with Gasteiger partial charge in [0.05, 0.1) is 11.8 Å². The van der Waals surface area contributed by atoms with Gasteiger partial charge in [-0.3, -0.25) is 0 Å². The van der Waals surface area contributed by atoms with Crippen LogP contribution >= 0.6 is 0 Å². The molecule has 1 saturated heterocycles. The van der Waals surface area contributed by atoms with E-state index in [2.05, 4.69) is 5.32 Å². The number of nitrogens with one attached hydrogen (secondary N) is 1. The van der Waals surface area contributed by atoms with Crippen molar-refractivity contribution in [3.05, 3.63) is 29.6 Å². The lowest BCUT2D eigenvalue weighted by Gasteiger charge is -2.35. The third kappa shape index (κ3) is 5.09.